The van der Waals surface area contributed by atoms with Crippen LogP contribution in [-0.2, 0) is 6.18 Å². The molecule has 1 aromatic carbocycles. The molecule has 0 amide bonds. The Balaban J connectivity index is 0.00000225. The Morgan fingerprint density at radius 2 is 1.69 bits per heavy atom. The number of nitrogens with two attached hydrogens (primary N) is 1. The molecule has 0 unspecified atom stereocenters. The summed E-state index contributed by atoms with van der Waals surface area (Å²) in [5.41, 5.74) is 3.83. The first-order chi connectivity index (χ1) is 6.82. The van der Waals surface area contributed by atoms with Gasteiger partial charge in [-0.15, -0.1) is 12.4 Å². The minimum absolute atomic E-state index is 0. The summed E-state index contributed by atoms with van der Waals surface area (Å²) in [6.45, 7) is 0. The van der Waals surface area contributed by atoms with Gasteiger partial charge in [-0.3, -0.25) is 0 Å². The molecule has 1 atom stereocenters. The average Bonchev–Trinajstić information content (AvgIpc) is 2.15. The molecule has 0 aliphatic rings. The number of alkyl halides is 5. The van der Waals surface area contributed by atoms with Gasteiger partial charge in [0.2, 0.25) is 0 Å². The van der Waals surface area contributed by atoms with Gasteiger partial charge in [0.15, 0.2) is 0 Å². The van der Waals surface area contributed by atoms with Crippen molar-refractivity contribution in [3.8, 4) is 0 Å². The molecule has 0 bridgehead atoms. The first-order valence-electron chi connectivity index (χ1n) is 4.03. The Morgan fingerprint density at radius 1 is 1.12 bits per heavy atom. The van der Waals surface area contributed by atoms with Crippen LogP contribution in [0.1, 0.15) is 17.2 Å². The summed E-state index contributed by atoms with van der Waals surface area (Å²) in [5, 5.41) is 0. The summed E-state index contributed by atoms with van der Waals surface area (Å²) in [6, 6.07) is 1.96. The van der Waals surface area contributed by atoms with E-state index < -0.39 is 24.2 Å². The highest BCUT2D eigenvalue weighted by molar-refractivity contribution is 5.85. The summed E-state index contributed by atoms with van der Waals surface area (Å²) in [7, 11) is 0. The lowest BCUT2D eigenvalue weighted by atomic mass is 10.0. The summed E-state index contributed by atoms with van der Waals surface area (Å²) in [6.07, 6.45) is -7.42. The maximum absolute atomic E-state index is 12.2. The zero-order valence-electron chi connectivity index (χ0n) is 7.84. The molecule has 0 aliphatic heterocycles. The molecule has 0 aromatic heterocycles. The zero-order valence-corrected chi connectivity index (χ0v) is 8.66. The minimum Gasteiger partial charge on any atom is -0.319 e. The molecular formula is C9H9ClF5N. The third-order valence-corrected chi connectivity index (χ3v) is 1.87. The van der Waals surface area contributed by atoms with Crippen molar-refractivity contribution in [1.29, 1.82) is 0 Å². The lowest BCUT2D eigenvalue weighted by molar-refractivity contribution is -0.137. The molecule has 0 aliphatic carbocycles. The van der Waals surface area contributed by atoms with Crippen LogP contribution in [0.3, 0.4) is 0 Å². The molecule has 1 rings (SSSR count). The van der Waals surface area contributed by atoms with E-state index in [-0.39, 0.29) is 18.0 Å². The van der Waals surface area contributed by atoms with E-state index in [0.29, 0.717) is 6.07 Å². The normalized spacial score (nSPS) is 13.4. The van der Waals surface area contributed by atoms with Gasteiger partial charge in [0.1, 0.15) is 0 Å². The van der Waals surface area contributed by atoms with Crippen molar-refractivity contribution >= 4 is 12.4 Å². The molecule has 0 heterocycles. The Hall–Kier alpha value is -0.880. The predicted octanol–water partition coefficient (Wildman–Crippen LogP) is 3.39. The molecule has 0 radical (unpaired) electrons. The van der Waals surface area contributed by atoms with E-state index >= 15 is 0 Å². The number of hydrogen-bond donors (Lipinski definition) is 1. The van der Waals surface area contributed by atoms with E-state index in [1.807, 2.05) is 0 Å². The van der Waals surface area contributed by atoms with E-state index in [2.05, 4.69) is 0 Å². The topological polar surface area (TPSA) is 26.0 Å². The minimum atomic E-state index is -4.54. The third kappa shape index (κ3) is 3.61. The van der Waals surface area contributed by atoms with Crippen molar-refractivity contribution in [2.45, 2.75) is 18.6 Å². The molecule has 0 saturated carbocycles. The Labute approximate surface area is 94.8 Å². The maximum atomic E-state index is 12.2. The summed E-state index contributed by atoms with van der Waals surface area (Å²) >= 11 is 0. The van der Waals surface area contributed by atoms with Crippen LogP contribution in [0.25, 0.3) is 0 Å². The molecule has 92 valence electrons. The second-order valence-corrected chi connectivity index (χ2v) is 2.98. The highest BCUT2D eigenvalue weighted by Gasteiger charge is 2.31. The van der Waals surface area contributed by atoms with Gasteiger partial charge >= 0.3 is 6.18 Å². The van der Waals surface area contributed by atoms with Gasteiger partial charge < -0.3 is 5.73 Å². The number of halogens is 6. The van der Waals surface area contributed by atoms with Crippen LogP contribution < -0.4 is 5.73 Å². The van der Waals surface area contributed by atoms with Gasteiger partial charge in [0.05, 0.1) is 11.6 Å². The molecular weight excluding hydrogens is 253 g/mol. The fourth-order valence-corrected chi connectivity index (χ4v) is 1.07. The quantitative estimate of drug-likeness (QED) is 0.812. The van der Waals surface area contributed by atoms with Gasteiger partial charge in [-0.2, -0.15) is 13.2 Å². The van der Waals surface area contributed by atoms with Crippen LogP contribution in [0.5, 0.6) is 0 Å². The van der Waals surface area contributed by atoms with Gasteiger partial charge in [0, 0.05) is 0 Å². The molecule has 0 spiro atoms. The van der Waals surface area contributed by atoms with Gasteiger partial charge in [-0.1, -0.05) is 12.1 Å². The molecule has 7 heteroatoms. The Kier molecular flexibility index (Phi) is 5.15. The van der Waals surface area contributed by atoms with Crippen LogP contribution in [0, 0.1) is 0 Å². The lowest BCUT2D eigenvalue weighted by Crippen LogP contribution is -2.19. The largest absolute Gasteiger partial charge is 0.416 e. The van der Waals surface area contributed by atoms with E-state index in [9.17, 15) is 22.0 Å². The Bertz CT molecular complexity index is 339. The SMILES string of the molecule is Cl.N[C@H](c1cccc(C(F)(F)F)c1)C(F)F. The average molecular weight is 262 g/mol. The van der Waals surface area contributed by atoms with Crippen LogP contribution in [-0.4, -0.2) is 6.43 Å². The molecule has 1 nitrogen and oxygen atoms in total. The second kappa shape index (κ2) is 5.45. The van der Waals surface area contributed by atoms with Crippen molar-refractivity contribution in [2.75, 3.05) is 0 Å². The smallest absolute Gasteiger partial charge is 0.319 e. The molecule has 2 N–H and O–H groups in total. The van der Waals surface area contributed by atoms with Gasteiger partial charge in [0.25, 0.3) is 6.43 Å². The highest BCUT2D eigenvalue weighted by atomic mass is 35.5. The van der Waals surface area contributed by atoms with E-state index in [1.165, 1.54) is 0 Å². The fraction of sp³-hybridized carbons (Fsp3) is 0.333. The van der Waals surface area contributed by atoms with Gasteiger partial charge in [-0.25, -0.2) is 8.78 Å². The highest BCUT2D eigenvalue weighted by Crippen LogP contribution is 2.31. The van der Waals surface area contributed by atoms with Crippen molar-refractivity contribution in [1.82, 2.24) is 0 Å². The predicted molar refractivity (Wildman–Crippen MR) is 51.6 cm³/mol. The summed E-state index contributed by atoms with van der Waals surface area (Å²) < 4.78 is 60.9. The standard InChI is InChI=1S/C9H8F5N.ClH/c10-8(11)7(15)5-2-1-3-6(4-5)9(12,13)14;/h1-4,7-8H,15H2;1H/t7-;/m1./s1. The molecule has 0 saturated heterocycles. The Morgan fingerprint density at radius 3 is 2.12 bits per heavy atom. The lowest BCUT2D eigenvalue weighted by Gasteiger charge is -2.13. The molecule has 0 fully saturated rings. The van der Waals surface area contributed by atoms with Crippen LogP contribution >= 0.6 is 12.4 Å². The van der Waals surface area contributed by atoms with Crippen LogP contribution in [0.15, 0.2) is 24.3 Å². The van der Waals surface area contributed by atoms with Gasteiger partial charge in [-0.05, 0) is 17.7 Å². The van der Waals surface area contributed by atoms with E-state index in [4.69, 9.17) is 5.73 Å². The fourth-order valence-electron chi connectivity index (χ4n) is 1.07. The number of benzene rings is 1. The first-order valence-corrected chi connectivity index (χ1v) is 4.03. The van der Waals surface area contributed by atoms with Crippen LogP contribution in [0.4, 0.5) is 22.0 Å². The van der Waals surface area contributed by atoms with Crippen LogP contribution in [0.2, 0.25) is 0 Å². The van der Waals surface area contributed by atoms with E-state index in [0.717, 1.165) is 18.2 Å². The molecule has 1 aromatic rings. The van der Waals surface area contributed by atoms with E-state index in [1.54, 1.807) is 0 Å². The van der Waals surface area contributed by atoms with Crippen molar-refractivity contribution in [2.24, 2.45) is 5.73 Å². The number of rotatable bonds is 2. The maximum Gasteiger partial charge on any atom is 0.416 e. The summed E-state index contributed by atoms with van der Waals surface area (Å²) in [4.78, 5) is 0. The summed E-state index contributed by atoms with van der Waals surface area (Å²) in [5.74, 6) is 0. The zero-order chi connectivity index (χ0) is 11.6. The monoisotopic (exact) mass is 261 g/mol. The molecule has 16 heavy (non-hydrogen) atoms. The third-order valence-electron chi connectivity index (χ3n) is 1.87. The second-order valence-electron chi connectivity index (χ2n) is 2.98. The van der Waals surface area contributed by atoms with Crippen molar-refractivity contribution < 1.29 is 22.0 Å². The van der Waals surface area contributed by atoms with Crippen molar-refractivity contribution in [3.63, 3.8) is 0 Å². The van der Waals surface area contributed by atoms with Crippen molar-refractivity contribution in [3.05, 3.63) is 35.4 Å². The first kappa shape index (κ1) is 15.1. The number of hydrogen-bond acceptors (Lipinski definition) is 1.